The van der Waals surface area contributed by atoms with Crippen molar-refractivity contribution in [1.29, 1.82) is 5.41 Å². The van der Waals surface area contributed by atoms with Gasteiger partial charge >= 0.3 is 17.9 Å². The van der Waals surface area contributed by atoms with Crippen LogP contribution in [0.5, 0.6) is 0 Å². The lowest BCUT2D eigenvalue weighted by Gasteiger charge is -2.31. The first-order valence-electron chi connectivity index (χ1n) is 44.7. The number of amides is 20. The van der Waals surface area contributed by atoms with Crippen LogP contribution in [0, 0.1) is 11.3 Å². The molecule has 2 aliphatic heterocycles. The number of hydrogen-bond acceptors (Lipinski definition) is 33. The summed E-state index contributed by atoms with van der Waals surface area (Å²) in [4.78, 5) is 309. The van der Waals surface area contributed by atoms with Gasteiger partial charge in [-0.05, 0) is 145 Å². The molecule has 0 unspecified atom stereocenters. The molecule has 2 rings (SSSR count). The van der Waals surface area contributed by atoms with Crippen LogP contribution < -0.4 is 119 Å². The maximum Gasteiger partial charge on any atom is 0.326 e. The van der Waals surface area contributed by atoms with Crippen molar-refractivity contribution < 1.29 is 161 Å². The van der Waals surface area contributed by atoms with Crippen molar-refractivity contribution in [2.24, 2.45) is 28.9 Å². The Bertz CT molecular complexity index is 4330. The smallest absolute Gasteiger partial charge is 0.326 e. The molecule has 0 aromatic rings. The quantitative estimate of drug-likeness (QED) is 0.0153. The van der Waals surface area contributed by atoms with Crippen molar-refractivity contribution in [2.75, 3.05) is 45.9 Å². The fourth-order valence-corrected chi connectivity index (χ4v) is 13.9. The number of aliphatic hydroxyl groups excluding tert-OH is 7. The lowest BCUT2D eigenvalue weighted by atomic mass is 10.0. The number of unbranched alkanes of at least 4 members (excludes halogenated alkanes) is 1. The zero-order chi connectivity index (χ0) is 106. The number of carboxylic acid groups (broad SMARTS) is 3. The number of nitrogens with two attached hydrogens (primary N) is 4. The Balaban J connectivity index is 2.17. The van der Waals surface area contributed by atoms with E-state index in [1.165, 1.54) is 18.7 Å². The van der Waals surface area contributed by atoms with E-state index in [0.717, 1.165) is 53.4 Å². The fraction of sp³-hybridized carbons (Fsp3) is 0.704. The number of hydrogen-bond donors (Lipinski definition) is 33. The van der Waals surface area contributed by atoms with Crippen LogP contribution >= 0.6 is 0 Å². The Labute approximate surface area is 797 Å². The van der Waals surface area contributed by atoms with Crippen LogP contribution in [-0.4, -0.2) is 394 Å². The van der Waals surface area contributed by atoms with E-state index in [1.54, 1.807) is 13.8 Å². The van der Waals surface area contributed by atoms with Crippen LogP contribution in [0.15, 0.2) is 0 Å². The summed E-state index contributed by atoms with van der Waals surface area (Å²) in [5.74, 6) is -28.9. The zero-order valence-corrected chi connectivity index (χ0v) is 78.8. The number of carbonyl (C=O) groups excluding carboxylic acids is 20. The van der Waals surface area contributed by atoms with Crippen LogP contribution in [0.1, 0.15) is 166 Å². The molecular weight excluding hydrogens is 1850 g/mol. The summed E-state index contributed by atoms with van der Waals surface area (Å²) in [6.07, 6.45) is -11.5. The molecule has 2 saturated heterocycles. The number of carbonyl (C=O) groups is 23. The molecule has 24 atom stereocenters. The predicted molar refractivity (Wildman–Crippen MR) is 479 cm³/mol. The third-order valence-corrected chi connectivity index (χ3v) is 21.5. The molecule has 0 aliphatic carbocycles. The van der Waals surface area contributed by atoms with E-state index in [-0.39, 0.29) is 71.1 Å². The highest BCUT2D eigenvalue weighted by Crippen LogP contribution is 2.23. The van der Waals surface area contributed by atoms with E-state index < -0.39 is 339 Å². The van der Waals surface area contributed by atoms with Gasteiger partial charge in [0.05, 0.1) is 69.2 Å². The Morgan fingerprint density at radius 3 is 1.21 bits per heavy atom. The Morgan fingerprint density at radius 2 is 0.741 bits per heavy atom. The molecule has 784 valence electrons. The maximum atomic E-state index is 14.0. The molecule has 0 saturated carbocycles. The molecule has 20 amide bonds. The standard InChI is InChI=1S/C81H137N25O33/c1-33(2)27-46(67(125)101-58(39(8)110)74(132)90-36(5)64(122)93-43(18-14-24-87-81(85)86)65(123)95-45(80(138)139)21-22-55(116)117)96-75(133)59(40(9)111)102-70(128)50(32-108)99-71(129)51-19-15-25-105(51)78(136)37(6)91-63(121)35(4)89-69(127)49(31-107)98-66(124)47(28-53(84)114)92-54(115)30-88-73(131)57(38(7)109)100-68(126)48(29-56(118)119)97-76(134)60(41(10)112)104-77(135)61(42(11)113)103-72(130)52-20-16-26-106(52)79(137)44(17-12-13-23-82)94-62(120)34(3)83/h33-52,57-61,107-113H,12-32,82-83H2,1-11H3,(H2,84,114)(H,88,131)(H,89,127)(H,90,132)(H,91,121)(H,92,115)(H,93,122)(H,94,120)(H,95,123)(H,96,133)(H,97,134)(H,98,124)(H,99,129)(H,100,126)(H,101,125)(H,102,128)(H,103,130)(H,104,135)(H,116,117)(H,118,119)(H,138,139)(H4,85,86,87)/t34-,35-,36-,37-,38+,39+,40+,41+,42+,43-,44-,45-,46-,47-,48-,49-,50-,51-,52-,57-,58-,59-,60-,61-/m0/s1. The van der Waals surface area contributed by atoms with Gasteiger partial charge < -0.3 is 180 Å². The SMILES string of the molecule is CC(C)C[C@H](NC(=O)[C@@H](NC(=O)[C@H](CO)NC(=O)[C@@H]1CCCN1C(=O)[C@H](C)NC(=O)[C@H](C)NC(=O)[C@H](CO)NC(=O)[C@H](CC(N)=O)NC(=O)CNC(=O)[C@@H](NC(=O)[C@H](CC(=O)O)NC(=O)[C@@H](NC(=O)[C@@H](NC(=O)[C@@H]1CCCN1C(=O)[C@H](CCCCN)NC(=O)[C@H](C)N)[C@@H](C)O)[C@@H](C)O)[C@@H](C)O)[C@@H](C)O)C(=O)N[C@H](C(=O)N[C@@H](C)C(=O)N[C@@H](CCCNC(=N)N)C(=O)N[C@@H](CCC(=O)O)C(=O)O)[C@@H](C)O. The molecule has 0 aromatic carbocycles. The Kier molecular flexibility index (Phi) is 52.4. The van der Waals surface area contributed by atoms with Crippen molar-refractivity contribution in [1.82, 2.24) is 106 Å². The van der Waals surface area contributed by atoms with Crippen molar-refractivity contribution >= 4 is 142 Å². The van der Waals surface area contributed by atoms with E-state index in [0.29, 0.717) is 19.3 Å². The highest BCUT2D eigenvalue weighted by Gasteiger charge is 2.45. The molecule has 0 spiro atoms. The van der Waals surface area contributed by atoms with E-state index >= 15 is 0 Å². The lowest BCUT2D eigenvalue weighted by molar-refractivity contribution is -0.144. The minimum absolute atomic E-state index is 0.00183. The number of rotatable bonds is 61. The Morgan fingerprint density at radius 1 is 0.367 bits per heavy atom. The normalized spacial score (nSPS) is 18.1. The van der Waals surface area contributed by atoms with Gasteiger partial charge in [-0.3, -0.25) is 111 Å². The van der Waals surface area contributed by atoms with Gasteiger partial charge in [-0.1, -0.05) is 13.8 Å². The number of primary amides is 1. The molecule has 139 heavy (non-hydrogen) atoms. The molecule has 2 aliphatic rings. The third kappa shape index (κ3) is 41.5. The highest BCUT2D eigenvalue weighted by atomic mass is 16.4. The first-order valence-corrected chi connectivity index (χ1v) is 44.7. The van der Waals surface area contributed by atoms with Crippen molar-refractivity contribution in [3.05, 3.63) is 0 Å². The molecule has 0 bridgehead atoms. The van der Waals surface area contributed by atoms with E-state index in [4.69, 9.17) is 33.5 Å². The molecule has 58 heteroatoms. The van der Waals surface area contributed by atoms with Gasteiger partial charge in [0, 0.05) is 26.1 Å². The number of nitrogens with zero attached hydrogens (tertiary/aromatic N) is 2. The minimum Gasteiger partial charge on any atom is -0.481 e. The summed E-state index contributed by atoms with van der Waals surface area (Å²) < 4.78 is 0. The van der Waals surface area contributed by atoms with E-state index in [9.17, 15) is 156 Å². The second-order valence-corrected chi connectivity index (χ2v) is 34.1. The van der Waals surface area contributed by atoms with E-state index in [2.05, 4.69) is 69.1 Å². The summed E-state index contributed by atoms with van der Waals surface area (Å²) in [6, 6.07) is -32.5. The van der Waals surface area contributed by atoms with Gasteiger partial charge in [0.25, 0.3) is 0 Å². The molecular formula is C81H137N25O33. The van der Waals surface area contributed by atoms with Gasteiger partial charge in [0.2, 0.25) is 118 Å². The average Bonchev–Trinajstić information content (AvgIpc) is 1.72. The van der Waals surface area contributed by atoms with Crippen LogP contribution in [0.3, 0.4) is 0 Å². The third-order valence-electron chi connectivity index (χ3n) is 21.5. The number of nitrogens with one attached hydrogen (secondary N) is 19. The number of likely N-dealkylation sites (tertiary alicyclic amines) is 2. The number of carboxylic acids is 3. The van der Waals surface area contributed by atoms with Crippen LogP contribution in [-0.2, 0) is 110 Å². The van der Waals surface area contributed by atoms with Crippen LogP contribution in [0.25, 0.3) is 0 Å². The molecule has 37 N–H and O–H groups in total. The summed E-state index contributed by atoms with van der Waals surface area (Å²) in [5, 5.41) is 150. The van der Waals surface area contributed by atoms with Crippen molar-refractivity contribution in [3.63, 3.8) is 0 Å². The van der Waals surface area contributed by atoms with Crippen molar-refractivity contribution in [2.45, 2.75) is 311 Å². The van der Waals surface area contributed by atoms with Gasteiger partial charge in [0.15, 0.2) is 5.96 Å². The summed E-state index contributed by atoms with van der Waals surface area (Å²) in [6.45, 7) is 9.70. The second kappa shape index (κ2) is 59.8. The van der Waals surface area contributed by atoms with Crippen molar-refractivity contribution in [3.8, 4) is 0 Å². The second-order valence-electron chi connectivity index (χ2n) is 34.1. The maximum absolute atomic E-state index is 14.0. The van der Waals surface area contributed by atoms with Crippen LogP contribution in [0.2, 0.25) is 0 Å². The topological polar surface area (TPSA) is 946 Å². The fourth-order valence-electron chi connectivity index (χ4n) is 13.9. The molecule has 2 fully saturated rings. The minimum atomic E-state index is -2.21. The largest absolute Gasteiger partial charge is 0.481 e. The van der Waals surface area contributed by atoms with Gasteiger partial charge in [0.1, 0.15) is 109 Å². The predicted octanol–water partition coefficient (Wildman–Crippen LogP) is -16.1. The summed E-state index contributed by atoms with van der Waals surface area (Å²) >= 11 is 0. The number of guanidine groups is 1. The van der Waals surface area contributed by atoms with E-state index in [1.807, 2.05) is 26.6 Å². The first kappa shape index (κ1) is 122. The summed E-state index contributed by atoms with van der Waals surface area (Å²) in [5.41, 5.74) is 22.0. The molecule has 0 radical (unpaired) electrons. The van der Waals surface area contributed by atoms with Gasteiger partial charge in [-0.2, -0.15) is 0 Å². The zero-order valence-electron chi connectivity index (χ0n) is 78.8. The number of aliphatic carboxylic acids is 3. The van der Waals surface area contributed by atoms with Gasteiger partial charge in [-0.15, -0.1) is 0 Å². The first-order chi connectivity index (χ1) is 64.8. The van der Waals surface area contributed by atoms with Crippen LogP contribution in [0.4, 0.5) is 0 Å². The number of aliphatic hydroxyl groups is 7. The average molecular weight is 1990 g/mol. The molecule has 2 heterocycles. The molecule has 0 aromatic heterocycles. The summed E-state index contributed by atoms with van der Waals surface area (Å²) in [7, 11) is 0. The van der Waals surface area contributed by atoms with Gasteiger partial charge in [-0.25, -0.2) is 4.79 Å². The highest BCUT2D eigenvalue weighted by molar-refractivity contribution is 6.03. The molecule has 58 nitrogen and oxygen atoms in total. The monoisotopic (exact) mass is 1990 g/mol. The lowest BCUT2D eigenvalue weighted by Crippen LogP contribution is -2.63. The Hall–Kier alpha value is -13.3.